The number of thiazole rings is 1. The van der Waals surface area contributed by atoms with Gasteiger partial charge in [0.2, 0.25) is 5.91 Å². The molecule has 1 aliphatic rings. The molecule has 1 aliphatic heterocycles. The molecular weight excluding hydrogens is 382 g/mol. The van der Waals surface area contributed by atoms with Gasteiger partial charge < -0.3 is 15.3 Å². The van der Waals surface area contributed by atoms with Crippen LogP contribution >= 0.6 is 23.1 Å². The molecule has 1 aromatic rings. The fourth-order valence-electron chi connectivity index (χ4n) is 3.36. The monoisotopic (exact) mass is 413 g/mol. The maximum Gasteiger partial charge on any atom is 0.355 e. The van der Waals surface area contributed by atoms with Crippen LogP contribution in [0.4, 0.5) is 0 Å². The normalized spacial score (nSPS) is 18.2. The van der Waals surface area contributed by atoms with Crippen LogP contribution in [0.15, 0.2) is 9.72 Å². The van der Waals surface area contributed by atoms with Gasteiger partial charge in [-0.3, -0.25) is 4.79 Å². The molecule has 1 unspecified atom stereocenters. The van der Waals surface area contributed by atoms with Gasteiger partial charge in [-0.15, -0.1) is 11.3 Å². The van der Waals surface area contributed by atoms with E-state index in [2.05, 4.69) is 24.1 Å². The molecule has 0 radical (unpaired) electrons. The lowest BCUT2D eigenvalue weighted by atomic mass is 9.99. The van der Waals surface area contributed by atoms with Gasteiger partial charge in [-0.1, -0.05) is 44.9 Å². The minimum absolute atomic E-state index is 0.0929. The highest BCUT2D eigenvalue weighted by Crippen LogP contribution is 2.25. The van der Waals surface area contributed by atoms with Crippen LogP contribution in [0.3, 0.4) is 0 Å². The molecule has 1 saturated heterocycles. The Morgan fingerprint density at radius 1 is 1.52 bits per heavy atom. The fourth-order valence-corrected chi connectivity index (χ4v) is 5.17. The standard InChI is InChI=1S/C19H31N3O3S2/c1-3-5-6-14(4-2)11-20-12-15-7-8-17(23)22(15)9-10-26-19-21-16(13-27-19)18(24)25/h13-15,20H,3-12H2,1-2H3,(H,24,25)/t14?,15-/m1/s1. The summed E-state index contributed by atoms with van der Waals surface area (Å²) in [6.45, 7) is 7.05. The van der Waals surface area contributed by atoms with Gasteiger partial charge in [-0.25, -0.2) is 9.78 Å². The molecule has 1 fully saturated rings. The summed E-state index contributed by atoms with van der Waals surface area (Å²) in [6.07, 6.45) is 6.55. The van der Waals surface area contributed by atoms with Crippen LogP contribution in [-0.2, 0) is 4.79 Å². The number of nitrogens with zero attached hydrogens (tertiary/aromatic N) is 2. The summed E-state index contributed by atoms with van der Waals surface area (Å²) in [4.78, 5) is 29.2. The average molecular weight is 414 g/mol. The molecule has 2 rings (SSSR count). The predicted molar refractivity (Wildman–Crippen MR) is 111 cm³/mol. The molecule has 0 bridgehead atoms. The van der Waals surface area contributed by atoms with Crippen molar-refractivity contribution in [1.29, 1.82) is 0 Å². The zero-order valence-corrected chi connectivity index (χ0v) is 17.9. The quantitative estimate of drug-likeness (QED) is 0.480. The van der Waals surface area contributed by atoms with E-state index in [0.29, 0.717) is 13.0 Å². The molecule has 0 aromatic carbocycles. The summed E-state index contributed by atoms with van der Waals surface area (Å²) in [7, 11) is 0. The van der Waals surface area contributed by atoms with Crippen LogP contribution in [0.2, 0.25) is 0 Å². The van der Waals surface area contributed by atoms with E-state index in [1.54, 1.807) is 5.38 Å². The predicted octanol–water partition coefficient (Wildman–Crippen LogP) is 3.73. The van der Waals surface area contributed by atoms with Crippen LogP contribution in [-0.4, -0.2) is 58.3 Å². The van der Waals surface area contributed by atoms with Crippen molar-refractivity contribution >= 4 is 35.0 Å². The Labute approximate surface area is 170 Å². The molecular formula is C19H31N3O3S2. The van der Waals surface area contributed by atoms with Gasteiger partial charge in [0.05, 0.1) is 0 Å². The third-order valence-electron chi connectivity index (χ3n) is 5.07. The van der Waals surface area contributed by atoms with Crippen molar-refractivity contribution in [2.75, 3.05) is 25.4 Å². The van der Waals surface area contributed by atoms with Crippen molar-refractivity contribution < 1.29 is 14.7 Å². The highest BCUT2D eigenvalue weighted by Gasteiger charge is 2.30. The van der Waals surface area contributed by atoms with E-state index in [1.807, 2.05) is 4.90 Å². The molecule has 2 heterocycles. The van der Waals surface area contributed by atoms with Crippen molar-refractivity contribution in [2.24, 2.45) is 5.92 Å². The topological polar surface area (TPSA) is 82.5 Å². The minimum atomic E-state index is -0.997. The number of unbranched alkanes of at least 4 members (excludes halogenated alkanes) is 1. The first-order chi connectivity index (χ1) is 13.0. The summed E-state index contributed by atoms with van der Waals surface area (Å²) in [5.41, 5.74) is 0.0929. The minimum Gasteiger partial charge on any atom is -0.476 e. The third kappa shape index (κ3) is 7.08. The first-order valence-corrected chi connectivity index (χ1v) is 11.7. The lowest BCUT2D eigenvalue weighted by molar-refractivity contribution is -0.128. The molecule has 27 heavy (non-hydrogen) atoms. The number of nitrogens with one attached hydrogen (secondary N) is 1. The number of carbonyl (C=O) groups is 2. The molecule has 0 saturated carbocycles. The van der Waals surface area contributed by atoms with Crippen LogP contribution < -0.4 is 5.32 Å². The zero-order valence-electron chi connectivity index (χ0n) is 16.3. The van der Waals surface area contributed by atoms with Crippen molar-refractivity contribution in [3.05, 3.63) is 11.1 Å². The van der Waals surface area contributed by atoms with Gasteiger partial charge in [0.15, 0.2) is 10.0 Å². The first-order valence-electron chi connectivity index (χ1n) is 9.86. The maximum absolute atomic E-state index is 12.2. The number of hydrogen-bond donors (Lipinski definition) is 2. The summed E-state index contributed by atoms with van der Waals surface area (Å²) in [5, 5.41) is 14.1. The van der Waals surface area contributed by atoms with E-state index in [9.17, 15) is 9.59 Å². The number of carboxylic acid groups (broad SMARTS) is 1. The SMILES string of the molecule is CCCCC(CC)CNC[C@H]1CCC(=O)N1CCSc1nc(C(=O)O)cs1. The van der Waals surface area contributed by atoms with E-state index in [0.717, 1.165) is 35.5 Å². The van der Waals surface area contributed by atoms with Crippen LogP contribution in [0.5, 0.6) is 0 Å². The first kappa shape index (κ1) is 22.2. The number of hydrogen-bond acceptors (Lipinski definition) is 6. The van der Waals surface area contributed by atoms with E-state index < -0.39 is 5.97 Å². The number of carbonyl (C=O) groups excluding carboxylic acids is 1. The Kier molecular flexibility index (Phi) is 9.58. The largest absolute Gasteiger partial charge is 0.476 e. The number of rotatable bonds is 13. The second-order valence-corrected chi connectivity index (χ2v) is 9.21. The molecule has 2 atom stereocenters. The molecule has 6 nitrogen and oxygen atoms in total. The fraction of sp³-hybridized carbons (Fsp3) is 0.737. The number of amides is 1. The van der Waals surface area contributed by atoms with Crippen molar-refractivity contribution in [3.8, 4) is 0 Å². The highest BCUT2D eigenvalue weighted by molar-refractivity contribution is 8.01. The van der Waals surface area contributed by atoms with Gasteiger partial charge in [-0.2, -0.15) is 0 Å². The van der Waals surface area contributed by atoms with E-state index in [-0.39, 0.29) is 17.6 Å². The van der Waals surface area contributed by atoms with Gasteiger partial charge in [0, 0.05) is 36.7 Å². The molecule has 152 valence electrons. The van der Waals surface area contributed by atoms with Crippen LogP contribution in [0.25, 0.3) is 0 Å². The summed E-state index contributed by atoms with van der Waals surface area (Å²) in [6, 6.07) is 0.271. The number of aromatic carboxylic acids is 1. The molecule has 1 aromatic heterocycles. The lowest BCUT2D eigenvalue weighted by Crippen LogP contribution is -2.42. The Morgan fingerprint density at radius 2 is 2.33 bits per heavy atom. The molecule has 2 N–H and O–H groups in total. The van der Waals surface area contributed by atoms with E-state index >= 15 is 0 Å². The summed E-state index contributed by atoms with van der Waals surface area (Å²) in [5.74, 6) is 0.691. The number of thioether (sulfide) groups is 1. The zero-order chi connectivity index (χ0) is 19.6. The smallest absolute Gasteiger partial charge is 0.355 e. The second kappa shape index (κ2) is 11.7. The van der Waals surface area contributed by atoms with Crippen molar-refractivity contribution in [2.45, 2.75) is 62.8 Å². The second-order valence-electron chi connectivity index (χ2n) is 7.01. The Morgan fingerprint density at radius 3 is 3.00 bits per heavy atom. The van der Waals surface area contributed by atoms with Gasteiger partial charge in [-0.05, 0) is 25.3 Å². The number of aromatic nitrogens is 1. The number of likely N-dealkylation sites (tertiary alicyclic amines) is 1. The van der Waals surface area contributed by atoms with Crippen LogP contribution in [0, 0.1) is 5.92 Å². The molecule has 8 heteroatoms. The Hall–Kier alpha value is -1.12. The van der Waals surface area contributed by atoms with Crippen molar-refractivity contribution in [1.82, 2.24) is 15.2 Å². The average Bonchev–Trinajstić information content (AvgIpc) is 3.26. The Balaban J connectivity index is 1.73. The summed E-state index contributed by atoms with van der Waals surface area (Å²) >= 11 is 2.86. The number of carboxylic acids is 1. The molecule has 0 spiro atoms. The third-order valence-corrected chi connectivity index (χ3v) is 7.07. The van der Waals surface area contributed by atoms with Crippen LogP contribution in [0.1, 0.15) is 62.9 Å². The lowest BCUT2D eigenvalue weighted by Gasteiger charge is -2.26. The van der Waals surface area contributed by atoms with Gasteiger partial charge in [0.25, 0.3) is 0 Å². The highest BCUT2D eigenvalue weighted by atomic mass is 32.2. The molecule has 0 aliphatic carbocycles. The van der Waals surface area contributed by atoms with E-state index in [4.69, 9.17) is 5.11 Å². The summed E-state index contributed by atoms with van der Waals surface area (Å²) < 4.78 is 0.746. The van der Waals surface area contributed by atoms with Crippen molar-refractivity contribution in [3.63, 3.8) is 0 Å². The maximum atomic E-state index is 12.2. The molecule has 1 amide bonds. The van der Waals surface area contributed by atoms with Gasteiger partial charge >= 0.3 is 5.97 Å². The van der Waals surface area contributed by atoms with Gasteiger partial charge in [0.1, 0.15) is 0 Å². The Bertz CT molecular complexity index is 609. The van der Waals surface area contributed by atoms with E-state index in [1.165, 1.54) is 48.8 Å².